The first-order valence-electron chi connectivity index (χ1n) is 7.62. The summed E-state index contributed by atoms with van der Waals surface area (Å²) in [5, 5.41) is 10.3. The quantitative estimate of drug-likeness (QED) is 0.823. The number of H-pyrrole nitrogens is 1. The van der Waals surface area contributed by atoms with Crippen LogP contribution in [0.25, 0.3) is 10.9 Å². The molecule has 0 unspecified atom stereocenters. The van der Waals surface area contributed by atoms with Crippen LogP contribution in [-0.4, -0.2) is 40.6 Å². The van der Waals surface area contributed by atoms with E-state index >= 15 is 0 Å². The van der Waals surface area contributed by atoms with Crippen molar-refractivity contribution in [1.29, 1.82) is 0 Å². The van der Waals surface area contributed by atoms with Crippen LogP contribution in [0.5, 0.6) is 0 Å². The van der Waals surface area contributed by atoms with E-state index < -0.39 is 0 Å². The third-order valence-electron chi connectivity index (χ3n) is 3.86. The van der Waals surface area contributed by atoms with Gasteiger partial charge in [0.2, 0.25) is 5.91 Å². The van der Waals surface area contributed by atoms with Crippen LogP contribution >= 0.6 is 0 Å². The maximum Gasteiger partial charge on any atom is 0.227 e. The Morgan fingerprint density at radius 1 is 1.29 bits per heavy atom. The molecule has 0 saturated carbocycles. The summed E-state index contributed by atoms with van der Waals surface area (Å²) in [5.41, 5.74) is 3.18. The summed E-state index contributed by atoms with van der Waals surface area (Å²) in [4.78, 5) is 17.6. The molecule has 0 fully saturated rings. The molecule has 114 valence electrons. The highest BCUT2D eigenvalue weighted by Gasteiger charge is 2.17. The summed E-state index contributed by atoms with van der Waals surface area (Å²) >= 11 is 0. The maximum atomic E-state index is 12.5. The number of carbonyl (C=O) groups is 1. The number of aryl methyl sites for hydroxylation is 1. The summed E-state index contributed by atoms with van der Waals surface area (Å²) in [5.74, 6) is 0.0883. The minimum Gasteiger partial charge on any atom is -0.395 e. The molecule has 0 spiro atoms. The third-order valence-corrected chi connectivity index (χ3v) is 3.86. The Morgan fingerprint density at radius 2 is 2.05 bits per heavy atom. The number of aromatic nitrogens is 1. The van der Waals surface area contributed by atoms with Crippen molar-refractivity contribution < 1.29 is 9.90 Å². The minimum absolute atomic E-state index is 0.0162. The van der Waals surface area contributed by atoms with Gasteiger partial charge < -0.3 is 15.0 Å². The van der Waals surface area contributed by atoms with E-state index in [2.05, 4.69) is 11.9 Å². The molecule has 2 N–H and O–H groups in total. The van der Waals surface area contributed by atoms with Gasteiger partial charge >= 0.3 is 0 Å². The number of hydrogen-bond donors (Lipinski definition) is 2. The average molecular weight is 288 g/mol. The average Bonchev–Trinajstić information content (AvgIpc) is 2.79. The third kappa shape index (κ3) is 3.64. The van der Waals surface area contributed by atoms with E-state index in [1.165, 1.54) is 0 Å². The highest BCUT2D eigenvalue weighted by atomic mass is 16.3. The van der Waals surface area contributed by atoms with E-state index in [9.17, 15) is 4.79 Å². The fourth-order valence-electron chi connectivity index (χ4n) is 2.66. The van der Waals surface area contributed by atoms with Crippen molar-refractivity contribution in [2.75, 3.05) is 19.7 Å². The molecule has 0 bridgehead atoms. The van der Waals surface area contributed by atoms with Crippen LogP contribution < -0.4 is 0 Å². The van der Waals surface area contributed by atoms with E-state index in [4.69, 9.17) is 5.11 Å². The number of nitrogens with one attached hydrogen (secondary N) is 1. The second-order valence-corrected chi connectivity index (χ2v) is 5.41. The molecule has 1 aromatic heterocycles. The first kappa shape index (κ1) is 15.6. The maximum absolute atomic E-state index is 12.5. The number of nitrogens with zero attached hydrogens (tertiary/aromatic N) is 1. The number of carbonyl (C=O) groups excluding carboxylic acids is 1. The van der Waals surface area contributed by atoms with E-state index in [-0.39, 0.29) is 12.5 Å². The number of aliphatic hydroxyl groups is 1. The normalized spacial score (nSPS) is 11.0. The fourth-order valence-corrected chi connectivity index (χ4v) is 2.66. The Morgan fingerprint density at radius 3 is 2.76 bits per heavy atom. The lowest BCUT2D eigenvalue weighted by Gasteiger charge is -2.21. The number of aromatic amines is 1. The fraction of sp³-hybridized carbons (Fsp3) is 0.471. The topological polar surface area (TPSA) is 56.3 Å². The second kappa shape index (κ2) is 7.27. The molecule has 0 aliphatic heterocycles. The molecule has 1 heterocycles. The predicted octanol–water partition coefficient (Wildman–Crippen LogP) is 2.64. The van der Waals surface area contributed by atoms with Gasteiger partial charge in [0.25, 0.3) is 0 Å². The van der Waals surface area contributed by atoms with Gasteiger partial charge in [-0.3, -0.25) is 4.79 Å². The van der Waals surface area contributed by atoms with Crippen LogP contribution in [0, 0.1) is 6.92 Å². The summed E-state index contributed by atoms with van der Waals surface area (Å²) in [6, 6.07) is 8.05. The zero-order valence-electron chi connectivity index (χ0n) is 12.9. The van der Waals surface area contributed by atoms with Crippen molar-refractivity contribution in [3.63, 3.8) is 0 Å². The molecular weight excluding hydrogens is 264 g/mol. The summed E-state index contributed by atoms with van der Waals surface area (Å²) in [6.07, 6.45) is 2.40. The molecule has 0 saturated heterocycles. The highest BCUT2D eigenvalue weighted by Crippen LogP contribution is 2.22. The van der Waals surface area contributed by atoms with Gasteiger partial charge in [0, 0.05) is 29.7 Å². The number of rotatable bonds is 7. The molecule has 21 heavy (non-hydrogen) atoms. The van der Waals surface area contributed by atoms with Crippen LogP contribution in [-0.2, 0) is 11.2 Å². The van der Waals surface area contributed by atoms with E-state index in [1.54, 1.807) is 4.90 Å². The molecule has 1 amide bonds. The zero-order chi connectivity index (χ0) is 15.2. The lowest BCUT2D eigenvalue weighted by atomic mass is 10.1. The lowest BCUT2D eigenvalue weighted by molar-refractivity contribution is -0.131. The van der Waals surface area contributed by atoms with Crippen LogP contribution in [0.1, 0.15) is 31.0 Å². The van der Waals surface area contributed by atoms with E-state index in [0.717, 1.165) is 41.5 Å². The van der Waals surface area contributed by atoms with Crippen molar-refractivity contribution >= 4 is 16.8 Å². The van der Waals surface area contributed by atoms with Crippen molar-refractivity contribution in [3.8, 4) is 0 Å². The molecule has 4 nitrogen and oxygen atoms in total. The number of unbranched alkanes of at least 4 members (excludes halogenated alkanes) is 1. The molecule has 2 aromatic rings. The Kier molecular flexibility index (Phi) is 5.39. The lowest BCUT2D eigenvalue weighted by Crippen LogP contribution is -2.35. The molecule has 0 atom stereocenters. The van der Waals surface area contributed by atoms with Gasteiger partial charge in [-0.05, 0) is 25.0 Å². The highest BCUT2D eigenvalue weighted by molar-refractivity contribution is 5.90. The SMILES string of the molecule is CCCCN(CCO)C(=O)Cc1c(C)[nH]c2ccccc12. The van der Waals surface area contributed by atoms with Gasteiger partial charge in [-0.2, -0.15) is 0 Å². The first-order valence-corrected chi connectivity index (χ1v) is 7.62. The van der Waals surface area contributed by atoms with E-state index in [0.29, 0.717) is 13.0 Å². The number of para-hydroxylation sites is 1. The largest absolute Gasteiger partial charge is 0.395 e. The number of benzene rings is 1. The minimum atomic E-state index is 0.0162. The molecule has 0 radical (unpaired) electrons. The molecular formula is C17H24N2O2. The first-order chi connectivity index (χ1) is 10.2. The van der Waals surface area contributed by atoms with Crippen molar-refractivity contribution in [2.24, 2.45) is 0 Å². The molecule has 0 aliphatic rings. The van der Waals surface area contributed by atoms with Gasteiger partial charge in [0.1, 0.15) is 0 Å². The summed E-state index contributed by atoms with van der Waals surface area (Å²) < 4.78 is 0. The van der Waals surface area contributed by atoms with Crippen molar-refractivity contribution in [3.05, 3.63) is 35.5 Å². The Hall–Kier alpha value is -1.81. The molecule has 0 aliphatic carbocycles. The Balaban J connectivity index is 2.17. The zero-order valence-corrected chi connectivity index (χ0v) is 12.9. The van der Waals surface area contributed by atoms with Crippen molar-refractivity contribution in [2.45, 2.75) is 33.1 Å². The number of amides is 1. The predicted molar refractivity (Wildman–Crippen MR) is 85.3 cm³/mol. The van der Waals surface area contributed by atoms with Crippen molar-refractivity contribution in [1.82, 2.24) is 9.88 Å². The molecule has 1 aromatic carbocycles. The van der Waals surface area contributed by atoms with Gasteiger partial charge in [-0.1, -0.05) is 31.5 Å². The molecule has 4 heteroatoms. The van der Waals surface area contributed by atoms with Crippen LogP contribution in [0.3, 0.4) is 0 Å². The monoisotopic (exact) mass is 288 g/mol. The Labute approximate surface area is 125 Å². The van der Waals surface area contributed by atoms with Gasteiger partial charge in [0.15, 0.2) is 0 Å². The van der Waals surface area contributed by atoms with Gasteiger partial charge in [-0.25, -0.2) is 0 Å². The number of hydrogen-bond acceptors (Lipinski definition) is 2. The number of fused-ring (bicyclic) bond motifs is 1. The van der Waals surface area contributed by atoms with Gasteiger partial charge in [-0.15, -0.1) is 0 Å². The van der Waals surface area contributed by atoms with Gasteiger partial charge in [0.05, 0.1) is 13.0 Å². The standard InChI is InChI=1S/C17H24N2O2/c1-3-4-9-19(10-11-20)17(21)12-15-13(2)18-16-8-6-5-7-14(15)16/h5-8,18,20H,3-4,9-12H2,1-2H3. The number of aliphatic hydroxyl groups excluding tert-OH is 1. The second-order valence-electron chi connectivity index (χ2n) is 5.41. The smallest absolute Gasteiger partial charge is 0.227 e. The Bertz CT molecular complexity index is 604. The van der Waals surface area contributed by atoms with Crippen LogP contribution in [0.2, 0.25) is 0 Å². The van der Waals surface area contributed by atoms with Crippen LogP contribution in [0.4, 0.5) is 0 Å². The van der Waals surface area contributed by atoms with Crippen LogP contribution in [0.15, 0.2) is 24.3 Å². The molecule has 2 rings (SSSR count). The van der Waals surface area contributed by atoms with E-state index in [1.807, 2.05) is 31.2 Å². The summed E-state index contributed by atoms with van der Waals surface area (Å²) in [6.45, 7) is 5.26. The summed E-state index contributed by atoms with van der Waals surface area (Å²) in [7, 11) is 0.